The van der Waals surface area contributed by atoms with Crippen LogP contribution in [0.15, 0.2) is 65.0 Å². The zero-order valence-corrected chi connectivity index (χ0v) is 29.0. The molecular weight excluding hydrogens is 709 g/mol. The molecule has 3 N–H and O–H groups in total. The second kappa shape index (κ2) is 15.4. The average Bonchev–Trinajstić information content (AvgIpc) is 3.51. The fraction of sp³-hybridized carbons (Fsp3) is 0.290. The molecule has 0 bridgehead atoms. The number of aryl methyl sites for hydroxylation is 1. The fourth-order valence-electron chi connectivity index (χ4n) is 5.09. The highest BCUT2D eigenvalue weighted by Crippen LogP contribution is 2.41. The van der Waals surface area contributed by atoms with E-state index < -0.39 is 59.1 Å². The van der Waals surface area contributed by atoms with Crippen LogP contribution in [-0.4, -0.2) is 107 Å². The molecule has 51 heavy (non-hydrogen) atoms. The van der Waals surface area contributed by atoms with Crippen LogP contribution in [0.3, 0.4) is 0 Å². The predicted octanol–water partition coefficient (Wildman–Crippen LogP) is 1.11. The molecule has 0 aliphatic carbocycles. The van der Waals surface area contributed by atoms with Crippen molar-refractivity contribution in [3.05, 3.63) is 70.9 Å². The number of imide groups is 1. The number of β-lactam (4-membered cyclic amide) rings is 1. The van der Waals surface area contributed by atoms with Crippen LogP contribution in [0.25, 0.3) is 0 Å². The van der Waals surface area contributed by atoms with Crippen LogP contribution in [0.1, 0.15) is 35.8 Å². The SMILES string of the molecule is CC(=O)Oc1ccc(C(=O)N(C)C(=O)NC(C(=O)NC2C(=O)N3C(C(=O)O)=C(CSc4nnnn4C)CS[C@@H]23)c2ccccc2)cc1OC(C)=O. The van der Waals surface area contributed by atoms with E-state index in [9.17, 15) is 38.7 Å². The molecule has 2 aliphatic heterocycles. The van der Waals surface area contributed by atoms with Crippen LogP contribution in [0.2, 0.25) is 0 Å². The van der Waals surface area contributed by atoms with Gasteiger partial charge in [0.2, 0.25) is 11.1 Å². The number of hydrogen-bond acceptors (Lipinski definition) is 14. The molecule has 2 aliphatic rings. The lowest BCUT2D eigenvalue weighted by Gasteiger charge is -2.49. The molecule has 266 valence electrons. The third-order valence-electron chi connectivity index (χ3n) is 7.47. The number of carbonyl (C=O) groups is 7. The third kappa shape index (κ3) is 8.01. The van der Waals surface area contributed by atoms with E-state index in [-0.39, 0.29) is 34.3 Å². The van der Waals surface area contributed by atoms with E-state index in [1.807, 2.05) is 0 Å². The largest absolute Gasteiger partial charge is 0.477 e. The first-order valence-electron chi connectivity index (χ1n) is 15.0. The van der Waals surface area contributed by atoms with Gasteiger partial charge in [-0.15, -0.1) is 16.9 Å². The van der Waals surface area contributed by atoms with Crippen molar-refractivity contribution >= 4 is 65.2 Å². The van der Waals surface area contributed by atoms with E-state index in [4.69, 9.17) is 9.47 Å². The fourth-order valence-corrected chi connectivity index (χ4v) is 7.43. The Bertz CT molecular complexity index is 1950. The molecule has 5 amide bonds. The summed E-state index contributed by atoms with van der Waals surface area (Å²) in [4.78, 5) is 91.0. The number of hydrogen-bond donors (Lipinski definition) is 3. The maximum Gasteiger partial charge on any atom is 0.352 e. The number of tetrazole rings is 1. The highest BCUT2D eigenvalue weighted by Gasteiger charge is 2.54. The van der Waals surface area contributed by atoms with E-state index in [0.717, 1.165) is 31.9 Å². The lowest BCUT2D eigenvalue weighted by molar-refractivity contribution is -0.151. The molecule has 0 radical (unpaired) electrons. The summed E-state index contributed by atoms with van der Waals surface area (Å²) in [7, 11) is 2.80. The molecule has 20 heteroatoms. The van der Waals surface area contributed by atoms with Gasteiger partial charge in [0.15, 0.2) is 11.5 Å². The van der Waals surface area contributed by atoms with Gasteiger partial charge >= 0.3 is 23.9 Å². The van der Waals surface area contributed by atoms with E-state index in [1.54, 1.807) is 37.4 Å². The minimum absolute atomic E-state index is 0.108. The first-order chi connectivity index (χ1) is 24.3. The molecule has 0 spiro atoms. The van der Waals surface area contributed by atoms with Crippen LogP contribution >= 0.6 is 23.5 Å². The van der Waals surface area contributed by atoms with E-state index in [1.165, 1.54) is 40.3 Å². The number of ether oxygens (including phenoxy) is 2. The summed E-state index contributed by atoms with van der Waals surface area (Å²) in [6.07, 6.45) is 0. The highest BCUT2D eigenvalue weighted by atomic mass is 32.2. The predicted molar refractivity (Wildman–Crippen MR) is 178 cm³/mol. The lowest BCUT2D eigenvalue weighted by atomic mass is 10.0. The van der Waals surface area contributed by atoms with Crippen molar-refractivity contribution in [3.63, 3.8) is 0 Å². The number of fused-ring (bicyclic) bond motifs is 1. The number of carboxylic acid groups (broad SMARTS) is 1. The van der Waals surface area contributed by atoms with Crippen LogP contribution in [0, 0.1) is 0 Å². The lowest BCUT2D eigenvalue weighted by Crippen LogP contribution is -2.71. The zero-order valence-electron chi connectivity index (χ0n) is 27.4. The molecule has 0 saturated carbocycles. The van der Waals surface area contributed by atoms with Gasteiger partial charge < -0.3 is 25.2 Å². The van der Waals surface area contributed by atoms with Crippen molar-refractivity contribution in [2.24, 2.45) is 7.05 Å². The Kier molecular flexibility index (Phi) is 11.0. The van der Waals surface area contributed by atoms with Crippen molar-refractivity contribution in [2.75, 3.05) is 18.6 Å². The van der Waals surface area contributed by atoms with Gasteiger partial charge in [0.25, 0.3) is 11.8 Å². The van der Waals surface area contributed by atoms with E-state index in [2.05, 4.69) is 26.2 Å². The Hall–Kier alpha value is -5.76. The first kappa shape index (κ1) is 36.5. The number of aromatic nitrogens is 4. The van der Waals surface area contributed by atoms with E-state index in [0.29, 0.717) is 21.2 Å². The number of esters is 2. The molecule has 18 nitrogen and oxygen atoms in total. The normalized spacial score (nSPS) is 17.0. The van der Waals surface area contributed by atoms with Gasteiger partial charge in [-0.05, 0) is 39.8 Å². The molecule has 2 aromatic carbocycles. The van der Waals surface area contributed by atoms with Crippen molar-refractivity contribution < 1.29 is 48.1 Å². The van der Waals surface area contributed by atoms with Gasteiger partial charge in [-0.3, -0.25) is 33.8 Å². The molecule has 1 saturated heterocycles. The molecule has 1 fully saturated rings. The molecule has 3 aromatic rings. The molecule has 2 unspecified atom stereocenters. The number of aliphatic carboxylic acids is 1. The molecular formula is C31H30N8O10S2. The Morgan fingerprint density at radius 3 is 2.37 bits per heavy atom. The summed E-state index contributed by atoms with van der Waals surface area (Å²) in [5, 5.41) is 26.1. The summed E-state index contributed by atoms with van der Waals surface area (Å²) in [6.45, 7) is 2.25. The number of carboxylic acids is 1. The molecule has 3 heterocycles. The summed E-state index contributed by atoms with van der Waals surface area (Å²) >= 11 is 2.49. The minimum Gasteiger partial charge on any atom is -0.477 e. The monoisotopic (exact) mass is 738 g/mol. The third-order valence-corrected chi connectivity index (χ3v) is 9.91. The van der Waals surface area contributed by atoms with Crippen LogP contribution in [-0.2, 0) is 31.0 Å². The van der Waals surface area contributed by atoms with Crippen molar-refractivity contribution in [2.45, 2.75) is 36.5 Å². The number of amides is 5. The van der Waals surface area contributed by atoms with Gasteiger partial charge in [0.1, 0.15) is 23.2 Å². The maximum atomic E-state index is 13.7. The average molecular weight is 739 g/mol. The van der Waals surface area contributed by atoms with Crippen LogP contribution < -0.4 is 20.1 Å². The number of rotatable bonds is 11. The Balaban J connectivity index is 1.31. The van der Waals surface area contributed by atoms with Crippen LogP contribution in [0.5, 0.6) is 11.5 Å². The molecule has 3 atom stereocenters. The van der Waals surface area contributed by atoms with Gasteiger partial charge in [0, 0.05) is 45.0 Å². The Morgan fingerprint density at radius 1 is 1.06 bits per heavy atom. The standard InChI is InChI=1S/C31H30N8O10S2/c1-15(40)48-20-11-10-18(12-21(20)49-16(2)41)26(43)37(3)30(47)33-22(17-8-6-5-7-9-17)25(42)32-23-27(44)39-24(29(45)46)19(13-50-28(23)39)14-51-31-34-35-36-38(31)4/h5-12,22-23,28H,13-14H2,1-4H3,(H,32,42)(H,33,47)(H,45,46)/t22?,23?,28-/m0/s1. The van der Waals surface area contributed by atoms with Crippen LogP contribution in [0.4, 0.5) is 4.79 Å². The Morgan fingerprint density at radius 2 is 1.75 bits per heavy atom. The quantitative estimate of drug-likeness (QED) is 0.108. The highest BCUT2D eigenvalue weighted by molar-refractivity contribution is 8.01. The summed E-state index contributed by atoms with van der Waals surface area (Å²) in [5.74, 6) is -4.91. The number of urea groups is 1. The first-order valence-corrected chi connectivity index (χ1v) is 17.0. The minimum atomic E-state index is -1.38. The topological polar surface area (TPSA) is 232 Å². The number of nitrogens with zero attached hydrogens (tertiary/aromatic N) is 6. The van der Waals surface area contributed by atoms with Gasteiger partial charge in [-0.25, -0.2) is 14.3 Å². The van der Waals surface area contributed by atoms with Gasteiger partial charge in [-0.2, -0.15) is 0 Å². The molecule has 1 aromatic heterocycles. The number of nitrogens with one attached hydrogen (secondary N) is 2. The van der Waals surface area contributed by atoms with E-state index >= 15 is 0 Å². The molecule has 5 rings (SSSR count). The summed E-state index contributed by atoms with van der Waals surface area (Å²) in [5.41, 5.74) is 0.527. The second-order valence-corrected chi connectivity index (χ2v) is 13.1. The number of carbonyl (C=O) groups excluding carboxylic acids is 6. The summed E-state index contributed by atoms with van der Waals surface area (Å²) < 4.78 is 11.5. The van der Waals surface area contributed by atoms with Gasteiger partial charge in [0.05, 0.1) is 0 Å². The number of thioether (sulfide) groups is 2. The van der Waals surface area contributed by atoms with Crippen molar-refractivity contribution in [1.82, 2.24) is 40.6 Å². The van der Waals surface area contributed by atoms with Gasteiger partial charge in [-0.1, -0.05) is 42.1 Å². The van der Waals surface area contributed by atoms with Crippen molar-refractivity contribution in [3.8, 4) is 11.5 Å². The number of benzene rings is 2. The maximum absolute atomic E-state index is 13.7. The second-order valence-electron chi connectivity index (χ2n) is 11.0. The van der Waals surface area contributed by atoms with Crippen molar-refractivity contribution in [1.29, 1.82) is 0 Å². The summed E-state index contributed by atoms with van der Waals surface area (Å²) in [6, 6.07) is 8.22. The zero-order chi connectivity index (χ0) is 37.0. The Labute approximate surface area is 297 Å². The smallest absolute Gasteiger partial charge is 0.352 e.